The molecule has 0 aliphatic heterocycles. The van der Waals surface area contributed by atoms with Gasteiger partial charge in [0.25, 0.3) is 0 Å². The molecule has 3 unspecified atom stereocenters. The standard InChI is InChI=1S/C13H20BrF3N4/c1-3-18-10(11-12(14)19-20-21(11)2)8-6-4-5-7-9(8)13(15,16)17/h8-10,18H,3-7H2,1-2H3. The fourth-order valence-corrected chi connectivity index (χ4v) is 3.88. The Bertz CT molecular complexity index is 455. The van der Waals surface area contributed by atoms with E-state index in [1.165, 1.54) is 0 Å². The molecule has 3 atom stereocenters. The van der Waals surface area contributed by atoms with Crippen molar-refractivity contribution in [2.45, 2.75) is 44.8 Å². The molecule has 1 saturated carbocycles. The lowest BCUT2D eigenvalue weighted by molar-refractivity contribution is -0.199. The number of nitrogens with one attached hydrogen (secondary N) is 1. The maximum absolute atomic E-state index is 13.4. The van der Waals surface area contributed by atoms with Crippen LogP contribution < -0.4 is 5.32 Å². The Labute approximate surface area is 130 Å². The molecule has 8 heteroatoms. The van der Waals surface area contributed by atoms with Crippen molar-refractivity contribution in [3.8, 4) is 0 Å². The predicted octanol–water partition coefficient (Wildman–Crippen LogP) is 3.60. The molecule has 0 amide bonds. The van der Waals surface area contributed by atoms with Gasteiger partial charge in [-0.05, 0) is 41.2 Å². The molecule has 1 heterocycles. The van der Waals surface area contributed by atoms with E-state index in [9.17, 15) is 13.2 Å². The molecule has 0 saturated heterocycles. The molecule has 21 heavy (non-hydrogen) atoms. The minimum atomic E-state index is -4.16. The Morgan fingerprint density at radius 3 is 2.57 bits per heavy atom. The van der Waals surface area contributed by atoms with Crippen molar-refractivity contribution in [3.05, 3.63) is 10.3 Å². The Morgan fingerprint density at radius 1 is 1.38 bits per heavy atom. The van der Waals surface area contributed by atoms with Crippen LogP contribution in [0.4, 0.5) is 13.2 Å². The molecule has 1 aliphatic rings. The van der Waals surface area contributed by atoms with Crippen LogP contribution in [0.25, 0.3) is 0 Å². The highest BCUT2D eigenvalue weighted by Gasteiger charge is 2.48. The second-order valence-electron chi connectivity index (χ2n) is 5.52. The van der Waals surface area contributed by atoms with Gasteiger partial charge in [-0.2, -0.15) is 13.2 Å². The summed E-state index contributed by atoms with van der Waals surface area (Å²) < 4.78 is 42.1. The van der Waals surface area contributed by atoms with E-state index < -0.39 is 24.1 Å². The zero-order valence-corrected chi connectivity index (χ0v) is 13.7. The third kappa shape index (κ3) is 3.59. The third-order valence-electron chi connectivity index (χ3n) is 4.21. The average Bonchev–Trinajstić information content (AvgIpc) is 2.75. The van der Waals surface area contributed by atoms with Crippen molar-refractivity contribution in [1.82, 2.24) is 20.3 Å². The number of nitrogens with zero attached hydrogens (tertiary/aromatic N) is 3. The highest BCUT2D eigenvalue weighted by Crippen LogP contribution is 2.47. The van der Waals surface area contributed by atoms with E-state index in [1.807, 2.05) is 6.92 Å². The minimum Gasteiger partial charge on any atom is -0.309 e. The number of hydrogen-bond donors (Lipinski definition) is 1. The van der Waals surface area contributed by atoms with Crippen molar-refractivity contribution >= 4 is 15.9 Å². The summed E-state index contributed by atoms with van der Waals surface area (Å²) >= 11 is 3.31. The first-order chi connectivity index (χ1) is 9.86. The molecule has 0 bridgehead atoms. The van der Waals surface area contributed by atoms with Crippen LogP contribution in [0.3, 0.4) is 0 Å². The van der Waals surface area contributed by atoms with Crippen LogP contribution in [0.5, 0.6) is 0 Å². The van der Waals surface area contributed by atoms with Crippen molar-refractivity contribution in [3.63, 3.8) is 0 Å². The molecule has 4 nitrogen and oxygen atoms in total. The molecule has 2 rings (SSSR count). The topological polar surface area (TPSA) is 42.7 Å². The first kappa shape index (κ1) is 16.7. The van der Waals surface area contributed by atoms with Gasteiger partial charge in [0.15, 0.2) is 4.60 Å². The van der Waals surface area contributed by atoms with Crippen LogP contribution in [-0.2, 0) is 7.05 Å². The van der Waals surface area contributed by atoms with E-state index in [1.54, 1.807) is 11.7 Å². The molecular weight excluding hydrogens is 349 g/mol. The lowest BCUT2D eigenvalue weighted by Crippen LogP contribution is -2.41. The summed E-state index contributed by atoms with van der Waals surface area (Å²) in [6, 6.07) is -0.392. The maximum atomic E-state index is 13.4. The minimum absolute atomic E-state index is 0.207. The Balaban J connectivity index is 2.36. The fraction of sp³-hybridized carbons (Fsp3) is 0.846. The normalized spacial score (nSPS) is 25.0. The van der Waals surface area contributed by atoms with E-state index in [2.05, 4.69) is 31.6 Å². The number of halogens is 4. The van der Waals surface area contributed by atoms with Gasteiger partial charge in [-0.1, -0.05) is 25.0 Å². The molecular formula is C13H20BrF3N4. The van der Waals surface area contributed by atoms with E-state index in [4.69, 9.17) is 0 Å². The van der Waals surface area contributed by atoms with Gasteiger partial charge in [-0.25, -0.2) is 4.68 Å². The summed E-state index contributed by atoms with van der Waals surface area (Å²) in [4.78, 5) is 0. The van der Waals surface area contributed by atoms with E-state index in [0.29, 0.717) is 29.7 Å². The molecule has 0 aromatic carbocycles. The Morgan fingerprint density at radius 2 is 2.05 bits per heavy atom. The Kier molecular flexibility index (Phi) is 5.29. The third-order valence-corrected chi connectivity index (χ3v) is 4.78. The summed E-state index contributed by atoms with van der Waals surface area (Å²) in [5.74, 6) is -1.75. The zero-order chi connectivity index (χ0) is 15.6. The van der Waals surface area contributed by atoms with Gasteiger partial charge in [-0.15, -0.1) is 5.10 Å². The highest BCUT2D eigenvalue weighted by molar-refractivity contribution is 9.10. The summed E-state index contributed by atoms with van der Waals surface area (Å²) in [6.07, 6.45) is -1.90. The van der Waals surface area contributed by atoms with Crippen LogP contribution in [0.15, 0.2) is 4.60 Å². The predicted molar refractivity (Wildman–Crippen MR) is 76.6 cm³/mol. The SMILES string of the molecule is CCNC(c1c(Br)nnn1C)C1CCCCC1C(F)(F)F. The molecule has 1 aliphatic carbocycles. The summed E-state index contributed by atoms with van der Waals surface area (Å²) in [5.41, 5.74) is 0.693. The number of hydrogen-bond acceptors (Lipinski definition) is 3. The van der Waals surface area contributed by atoms with E-state index >= 15 is 0 Å². The van der Waals surface area contributed by atoms with Crippen LogP contribution in [-0.4, -0.2) is 27.7 Å². The molecule has 0 spiro atoms. The van der Waals surface area contributed by atoms with Crippen molar-refractivity contribution in [1.29, 1.82) is 0 Å². The van der Waals surface area contributed by atoms with Gasteiger partial charge in [0.1, 0.15) is 0 Å². The second kappa shape index (κ2) is 6.64. The molecule has 1 fully saturated rings. The van der Waals surface area contributed by atoms with Crippen LogP contribution in [0.2, 0.25) is 0 Å². The van der Waals surface area contributed by atoms with Gasteiger partial charge in [-0.3, -0.25) is 0 Å². The highest BCUT2D eigenvalue weighted by atomic mass is 79.9. The molecule has 1 aromatic heterocycles. The smallest absolute Gasteiger partial charge is 0.309 e. The fourth-order valence-electron chi connectivity index (χ4n) is 3.30. The summed E-state index contributed by atoms with van der Waals surface area (Å²) in [6.45, 7) is 2.50. The lowest BCUT2D eigenvalue weighted by atomic mass is 9.74. The first-order valence-electron chi connectivity index (χ1n) is 7.21. The number of aromatic nitrogens is 3. The largest absolute Gasteiger partial charge is 0.392 e. The first-order valence-corrected chi connectivity index (χ1v) is 8.00. The van der Waals surface area contributed by atoms with Gasteiger partial charge in [0, 0.05) is 7.05 Å². The molecule has 1 N–H and O–H groups in total. The zero-order valence-electron chi connectivity index (χ0n) is 12.1. The van der Waals surface area contributed by atoms with Crippen molar-refractivity contribution in [2.75, 3.05) is 6.54 Å². The number of alkyl halides is 3. The van der Waals surface area contributed by atoms with Crippen LogP contribution >= 0.6 is 15.9 Å². The summed E-state index contributed by atoms with van der Waals surface area (Å²) in [5, 5.41) is 11.0. The number of rotatable bonds is 4. The maximum Gasteiger partial charge on any atom is 0.392 e. The van der Waals surface area contributed by atoms with Crippen molar-refractivity contribution in [2.24, 2.45) is 18.9 Å². The lowest BCUT2D eigenvalue weighted by Gasteiger charge is -2.38. The van der Waals surface area contributed by atoms with Crippen LogP contribution in [0, 0.1) is 11.8 Å². The molecule has 120 valence electrons. The second-order valence-corrected chi connectivity index (χ2v) is 6.27. The van der Waals surface area contributed by atoms with Gasteiger partial charge >= 0.3 is 6.18 Å². The monoisotopic (exact) mass is 368 g/mol. The number of aryl methyl sites for hydroxylation is 1. The van der Waals surface area contributed by atoms with Gasteiger partial charge in [0.2, 0.25) is 0 Å². The molecule has 0 radical (unpaired) electrons. The van der Waals surface area contributed by atoms with Gasteiger partial charge in [0.05, 0.1) is 17.7 Å². The van der Waals surface area contributed by atoms with Crippen molar-refractivity contribution < 1.29 is 13.2 Å². The quantitative estimate of drug-likeness (QED) is 0.882. The summed E-state index contributed by atoms with van der Waals surface area (Å²) in [7, 11) is 1.71. The Hall–Kier alpha value is -0.630. The molecule has 1 aromatic rings. The van der Waals surface area contributed by atoms with Crippen LogP contribution in [0.1, 0.15) is 44.3 Å². The average molecular weight is 369 g/mol. The van der Waals surface area contributed by atoms with E-state index in [-0.39, 0.29) is 6.42 Å². The van der Waals surface area contributed by atoms with Gasteiger partial charge < -0.3 is 5.32 Å². The van der Waals surface area contributed by atoms with E-state index in [0.717, 1.165) is 6.42 Å².